The summed E-state index contributed by atoms with van der Waals surface area (Å²) in [6.45, 7) is 12.0. The molecule has 5 heteroatoms. The van der Waals surface area contributed by atoms with Crippen LogP contribution in [-0.2, 0) is 11.8 Å². The van der Waals surface area contributed by atoms with Crippen molar-refractivity contribution in [2.24, 2.45) is 4.99 Å². The third-order valence-electron chi connectivity index (χ3n) is 4.28. The molecule has 0 aromatic heterocycles. The predicted molar refractivity (Wildman–Crippen MR) is 112 cm³/mol. The Labute approximate surface area is 163 Å². The minimum absolute atomic E-state index is 0. The van der Waals surface area contributed by atoms with Crippen molar-refractivity contribution in [2.75, 3.05) is 26.2 Å². The molecule has 0 radical (unpaired) electrons. The molecule has 24 heavy (non-hydrogen) atoms. The SMILES string of the molecule is CCNC(=NCCc1ccc(C(C)(C)C)cc1)N1CC[C@@H](O)C1.I. The minimum atomic E-state index is -0.219. The van der Waals surface area contributed by atoms with Crippen molar-refractivity contribution < 1.29 is 5.11 Å². The lowest BCUT2D eigenvalue weighted by molar-refractivity contribution is 0.188. The van der Waals surface area contributed by atoms with Gasteiger partial charge in [-0.25, -0.2) is 0 Å². The molecule has 0 spiro atoms. The molecular weight excluding hydrogens is 413 g/mol. The van der Waals surface area contributed by atoms with Gasteiger partial charge in [0.2, 0.25) is 0 Å². The van der Waals surface area contributed by atoms with Gasteiger partial charge in [0.25, 0.3) is 0 Å². The van der Waals surface area contributed by atoms with Gasteiger partial charge >= 0.3 is 0 Å². The van der Waals surface area contributed by atoms with Crippen LogP contribution in [0.4, 0.5) is 0 Å². The molecule has 0 bridgehead atoms. The smallest absolute Gasteiger partial charge is 0.194 e. The summed E-state index contributed by atoms with van der Waals surface area (Å²) in [7, 11) is 0. The van der Waals surface area contributed by atoms with Crippen molar-refractivity contribution >= 4 is 29.9 Å². The van der Waals surface area contributed by atoms with Crippen LogP contribution < -0.4 is 5.32 Å². The van der Waals surface area contributed by atoms with Crippen molar-refractivity contribution in [1.82, 2.24) is 10.2 Å². The van der Waals surface area contributed by atoms with Gasteiger partial charge in [0.05, 0.1) is 6.10 Å². The standard InChI is InChI=1S/C19H31N3O.HI/c1-5-20-18(22-13-11-17(23)14-22)21-12-10-15-6-8-16(9-7-15)19(2,3)4;/h6-9,17,23H,5,10-14H2,1-4H3,(H,20,21);1H/t17-;/m1./s1. The lowest BCUT2D eigenvalue weighted by atomic mass is 9.86. The van der Waals surface area contributed by atoms with Crippen LogP contribution in [0.1, 0.15) is 45.2 Å². The first-order valence-electron chi connectivity index (χ1n) is 8.71. The van der Waals surface area contributed by atoms with Crippen LogP contribution in [0.2, 0.25) is 0 Å². The number of aliphatic imine (C=N–C) groups is 1. The summed E-state index contributed by atoms with van der Waals surface area (Å²) < 4.78 is 0. The first-order chi connectivity index (χ1) is 10.9. The highest BCUT2D eigenvalue weighted by Crippen LogP contribution is 2.22. The summed E-state index contributed by atoms with van der Waals surface area (Å²) in [5, 5.41) is 13.0. The summed E-state index contributed by atoms with van der Waals surface area (Å²) in [4.78, 5) is 6.87. The zero-order chi connectivity index (χ0) is 16.9. The maximum atomic E-state index is 9.69. The number of nitrogens with one attached hydrogen (secondary N) is 1. The zero-order valence-corrected chi connectivity index (χ0v) is 17.7. The highest BCUT2D eigenvalue weighted by Gasteiger charge is 2.22. The number of aliphatic hydroxyl groups excluding tert-OH is 1. The minimum Gasteiger partial charge on any atom is -0.391 e. The van der Waals surface area contributed by atoms with Gasteiger partial charge in [-0.05, 0) is 36.3 Å². The van der Waals surface area contributed by atoms with E-state index in [0.717, 1.165) is 38.4 Å². The maximum Gasteiger partial charge on any atom is 0.194 e. The van der Waals surface area contributed by atoms with Crippen LogP contribution in [0.3, 0.4) is 0 Å². The number of halogens is 1. The molecule has 0 amide bonds. The van der Waals surface area contributed by atoms with Gasteiger partial charge in [0.1, 0.15) is 0 Å². The molecule has 1 atom stereocenters. The average molecular weight is 445 g/mol. The molecule has 2 N–H and O–H groups in total. The Morgan fingerprint density at radius 1 is 1.29 bits per heavy atom. The first-order valence-corrected chi connectivity index (χ1v) is 8.71. The second-order valence-electron chi connectivity index (χ2n) is 7.32. The highest BCUT2D eigenvalue weighted by atomic mass is 127. The Bertz CT molecular complexity index is 522. The van der Waals surface area contributed by atoms with E-state index in [1.807, 2.05) is 0 Å². The Morgan fingerprint density at radius 2 is 1.96 bits per heavy atom. The molecule has 1 aromatic rings. The fourth-order valence-electron chi connectivity index (χ4n) is 2.82. The van der Waals surface area contributed by atoms with Crippen LogP contribution in [0, 0.1) is 0 Å². The van der Waals surface area contributed by atoms with Crippen molar-refractivity contribution in [2.45, 2.75) is 52.1 Å². The molecule has 1 fully saturated rings. The van der Waals surface area contributed by atoms with Crippen molar-refractivity contribution in [1.29, 1.82) is 0 Å². The number of hydrogen-bond donors (Lipinski definition) is 2. The van der Waals surface area contributed by atoms with Gasteiger partial charge in [-0.2, -0.15) is 0 Å². The van der Waals surface area contributed by atoms with Gasteiger partial charge in [0, 0.05) is 26.2 Å². The van der Waals surface area contributed by atoms with E-state index in [1.54, 1.807) is 0 Å². The predicted octanol–water partition coefficient (Wildman–Crippen LogP) is 3.18. The molecule has 1 heterocycles. The van der Waals surface area contributed by atoms with E-state index in [-0.39, 0.29) is 35.5 Å². The monoisotopic (exact) mass is 445 g/mol. The maximum absolute atomic E-state index is 9.69. The average Bonchev–Trinajstić information content (AvgIpc) is 2.92. The van der Waals surface area contributed by atoms with Crippen LogP contribution in [0.15, 0.2) is 29.3 Å². The summed E-state index contributed by atoms with van der Waals surface area (Å²) in [5.74, 6) is 0.926. The summed E-state index contributed by atoms with van der Waals surface area (Å²) in [6.07, 6.45) is 1.55. The van der Waals surface area contributed by atoms with Crippen molar-refractivity contribution in [3.05, 3.63) is 35.4 Å². The number of nitrogens with zero attached hydrogens (tertiary/aromatic N) is 2. The second-order valence-corrected chi connectivity index (χ2v) is 7.32. The van der Waals surface area contributed by atoms with E-state index in [1.165, 1.54) is 11.1 Å². The van der Waals surface area contributed by atoms with Crippen LogP contribution >= 0.6 is 24.0 Å². The summed E-state index contributed by atoms with van der Waals surface area (Å²) >= 11 is 0. The van der Waals surface area contributed by atoms with Crippen molar-refractivity contribution in [3.8, 4) is 0 Å². The fourth-order valence-corrected chi connectivity index (χ4v) is 2.82. The number of aliphatic hydroxyl groups is 1. The third kappa shape index (κ3) is 6.24. The molecule has 1 aromatic carbocycles. The lowest BCUT2D eigenvalue weighted by Crippen LogP contribution is -2.40. The molecular formula is C19H32IN3O. The molecule has 1 aliphatic rings. The number of likely N-dealkylation sites (tertiary alicyclic amines) is 1. The molecule has 0 saturated carbocycles. The van der Waals surface area contributed by atoms with Gasteiger partial charge in [-0.15, -0.1) is 24.0 Å². The van der Waals surface area contributed by atoms with E-state index < -0.39 is 0 Å². The first kappa shape index (κ1) is 21.2. The number of hydrogen-bond acceptors (Lipinski definition) is 2. The number of β-amino-alcohol motifs (C(OH)–C–C–N with tert-alkyl or cyclic N) is 1. The van der Waals surface area contributed by atoms with Crippen molar-refractivity contribution in [3.63, 3.8) is 0 Å². The molecule has 0 unspecified atom stereocenters. The van der Waals surface area contributed by atoms with E-state index in [0.29, 0.717) is 6.54 Å². The highest BCUT2D eigenvalue weighted by molar-refractivity contribution is 14.0. The molecule has 2 rings (SSSR count). The fraction of sp³-hybridized carbons (Fsp3) is 0.632. The van der Waals surface area contributed by atoms with Gasteiger partial charge in [-0.1, -0.05) is 45.0 Å². The van der Waals surface area contributed by atoms with E-state index in [2.05, 4.69) is 62.2 Å². The number of benzene rings is 1. The van der Waals surface area contributed by atoms with Gasteiger partial charge in [-0.3, -0.25) is 4.99 Å². The quantitative estimate of drug-likeness (QED) is 0.425. The third-order valence-corrected chi connectivity index (χ3v) is 4.28. The number of guanidine groups is 1. The topological polar surface area (TPSA) is 47.9 Å². The summed E-state index contributed by atoms with van der Waals surface area (Å²) in [5.41, 5.74) is 2.88. The second kappa shape index (κ2) is 9.61. The van der Waals surface area contributed by atoms with E-state index >= 15 is 0 Å². The Balaban J connectivity index is 0.00000288. The lowest BCUT2D eigenvalue weighted by Gasteiger charge is -2.21. The molecule has 136 valence electrons. The normalized spacial score (nSPS) is 18.5. The number of rotatable bonds is 4. The molecule has 1 aliphatic heterocycles. The zero-order valence-electron chi connectivity index (χ0n) is 15.4. The van der Waals surface area contributed by atoms with E-state index in [4.69, 9.17) is 4.99 Å². The van der Waals surface area contributed by atoms with Crippen LogP contribution in [0.5, 0.6) is 0 Å². The Kier molecular flexibility index (Phi) is 8.50. The van der Waals surface area contributed by atoms with Crippen LogP contribution in [-0.4, -0.2) is 48.2 Å². The Morgan fingerprint density at radius 3 is 2.46 bits per heavy atom. The largest absolute Gasteiger partial charge is 0.391 e. The van der Waals surface area contributed by atoms with Gasteiger partial charge < -0.3 is 15.3 Å². The summed E-state index contributed by atoms with van der Waals surface area (Å²) in [6, 6.07) is 8.87. The molecule has 1 saturated heterocycles. The van der Waals surface area contributed by atoms with Crippen LogP contribution in [0.25, 0.3) is 0 Å². The Hall–Kier alpha value is -0.820. The van der Waals surface area contributed by atoms with Gasteiger partial charge in [0.15, 0.2) is 5.96 Å². The molecule has 4 nitrogen and oxygen atoms in total. The molecule has 0 aliphatic carbocycles. The van der Waals surface area contributed by atoms with E-state index in [9.17, 15) is 5.11 Å².